The van der Waals surface area contributed by atoms with Crippen molar-refractivity contribution in [2.75, 3.05) is 11.4 Å². The maximum Gasteiger partial charge on any atom is 0.103 e. The highest BCUT2D eigenvalue weighted by molar-refractivity contribution is 5.96. The van der Waals surface area contributed by atoms with Gasteiger partial charge in [-0.25, -0.2) is 0 Å². The molecule has 0 saturated heterocycles. The van der Waals surface area contributed by atoms with Crippen molar-refractivity contribution < 1.29 is 0 Å². The maximum absolute atomic E-state index is 8.02. The lowest BCUT2D eigenvalue weighted by Gasteiger charge is -2.26. The highest BCUT2D eigenvalue weighted by Crippen LogP contribution is 2.17. The number of nitrogens with zero attached hydrogens (tertiary/aromatic N) is 1. The minimum absolute atomic E-state index is 0.270. The van der Waals surface area contributed by atoms with E-state index < -0.39 is 0 Å². The van der Waals surface area contributed by atoms with E-state index >= 15 is 0 Å². The minimum Gasteiger partial charge on any atom is -0.330 e. The van der Waals surface area contributed by atoms with Crippen molar-refractivity contribution in [3.8, 4) is 0 Å². The van der Waals surface area contributed by atoms with Crippen LogP contribution in [0.5, 0.6) is 0 Å². The van der Waals surface area contributed by atoms with Crippen molar-refractivity contribution in [1.82, 2.24) is 0 Å². The van der Waals surface area contributed by atoms with Crippen LogP contribution in [0, 0.1) is 18.3 Å². The van der Waals surface area contributed by atoms with Gasteiger partial charge in [0.15, 0.2) is 0 Å². The summed E-state index contributed by atoms with van der Waals surface area (Å²) in [4.78, 5) is 2.05. The topological polar surface area (TPSA) is 27.1 Å². The SMILES string of the molecule is CCN(C(=N)C(C)C)c1ccc(C)cc1. The van der Waals surface area contributed by atoms with E-state index in [9.17, 15) is 0 Å². The molecular formula is C13H20N2. The van der Waals surface area contributed by atoms with Crippen LogP contribution in [0.15, 0.2) is 24.3 Å². The van der Waals surface area contributed by atoms with Gasteiger partial charge in [0.2, 0.25) is 0 Å². The Balaban J connectivity index is 2.92. The second kappa shape index (κ2) is 4.96. The molecule has 1 aromatic carbocycles. The van der Waals surface area contributed by atoms with E-state index in [1.165, 1.54) is 5.56 Å². The molecule has 0 aliphatic carbocycles. The number of benzene rings is 1. The Bertz CT molecular complexity index is 325. The average molecular weight is 204 g/mol. The summed E-state index contributed by atoms with van der Waals surface area (Å²) in [5, 5.41) is 8.02. The smallest absolute Gasteiger partial charge is 0.103 e. The first-order valence-corrected chi connectivity index (χ1v) is 5.49. The summed E-state index contributed by atoms with van der Waals surface area (Å²) >= 11 is 0. The molecule has 1 N–H and O–H groups in total. The van der Waals surface area contributed by atoms with Crippen LogP contribution < -0.4 is 4.90 Å². The highest BCUT2D eigenvalue weighted by Gasteiger charge is 2.12. The molecule has 0 heterocycles. The summed E-state index contributed by atoms with van der Waals surface area (Å²) in [6, 6.07) is 8.34. The number of nitrogens with one attached hydrogen (secondary N) is 1. The van der Waals surface area contributed by atoms with Gasteiger partial charge in [-0.2, -0.15) is 0 Å². The Morgan fingerprint density at radius 2 is 1.80 bits per heavy atom. The fourth-order valence-electron chi connectivity index (χ4n) is 1.53. The number of aryl methyl sites for hydroxylation is 1. The Labute approximate surface area is 92.4 Å². The molecule has 0 aromatic heterocycles. The average Bonchev–Trinajstić information content (AvgIpc) is 2.21. The maximum atomic E-state index is 8.02. The lowest BCUT2D eigenvalue weighted by Crippen LogP contribution is -2.33. The first kappa shape index (κ1) is 11.8. The minimum atomic E-state index is 0.270. The van der Waals surface area contributed by atoms with Crippen LogP contribution in [0.1, 0.15) is 26.3 Å². The van der Waals surface area contributed by atoms with E-state index in [1.54, 1.807) is 0 Å². The molecule has 1 aromatic rings. The number of hydrogen-bond acceptors (Lipinski definition) is 1. The van der Waals surface area contributed by atoms with Crippen LogP contribution in [-0.2, 0) is 0 Å². The highest BCUT2D eigenvalue weighted by atomic mass is 15.2. The predicted octanol–water partition coefficient (Wildman–Crippen LogP) is 3.45. The molecule has 1 rings (SSSR count). The van der Waals surface area contributed by atoms with Crippen molar-refractivity contribution in [3.63, 3.8) is 0 Å². The molecule has 2 nitrogen and oxygen atoms in total. The predicted molar refractivity (Wildman–Crippen MR) is 66.8 cm³/mol. The first-order chi connectivity index (χ1) is 7.06. The molecule has 0 aliphatic rings. The van der Waals surface area contributed by atoms with Gasteiger partial charge in [0, 0.05) is 18.2 Å². The molecule has 0 bridgehead atoms. The van der Waals surface area contributed by atoms with E-state index in [2.05, 4.69) is 52.0 Å². The summed E-state index contributed by atoms with van der Waals surface area (Å²) in [5.41, 5.74) is 2.37. The monoisotopic (exact) mass is 204 g/mol. The lowest BCUT2D eigenvalue weighted by atomic mass is 10.1. The first-order valence-electron chi connectivity index (χ1n) is 5.49. The molecule has 0 aliphatic heterocycles. The van der Waals surface area contributed by atoms with E-state index in [0.717, 1.165) is 12.2 Å². The molecule has 0 atom stereocenters. The van der Waals surface area contributed by atoms with Gasteiger partial charge in [0.1, 0.15) is 5.84 Å². The molecule has 0 saturated carbocycles. The van der Waals surface area contributed by atoms with Crippen molar-refractivity contribution in [1.29, 1.82) is 5.41 Å². The van der Waals surface area contributed by atoms with Crippen LogP contribution in [0.4, 0.5) is 5.69 Å². The lowest BCUT2D eigenvalue weighted by molar-refractivity contribution is 0.832. The second-order valence-electron chi connectivity index (χ2n) is 4.12. The van der Waals surface area contributed by atoms with Crippen LogP contribution in [0.2, 0.25) is 0 Å². The van der Waals surface area contributed by atoms with Crippen molar-refractivity contribution >= 4 is 11.5 Å². The molecule has 0 unspecified atom stereocenters. The second-order valence-corrected chi connectivity index (χ2v) is 4.12. The number of anilines is 1. The zero-order chi connectivity index (χ0) is 11.4. The molecule has 0 amide bonds. The van der Waals surface area contributed by atoms with Gasteiger partial charge in [-0.1, -0.05) is 31.5 Å². The van der Waals surface area contributed by atoms with Crippen molar-refractivity contribution in [2.45, 2.75) is 27.7 Å². The number of rotatable bonds is 3. The summed E-state index contributed by atoms with van der Waals surface area (Å²) < 4.78 is 0. The molecule has 0 spiro atoms. The third-order valence-electron chi connectivity index (χ3n) is 2.50. The Morgan fingerprint density at radius 3 is 2.20 bits per heavy atom. The van der Waals surface area contributed by atoms with Gasteiger partial charge in [-0.05, 0) is 26.0 Å². The van der Waals surface area contributed by atoms with Gasteiger partial charge in [-0.15, -0.1) is 0 Å². The largest absolute Gasteiger partial charge is 0.330 e. The fraction of sp³-hybridized carbons (Fsp3) is 0.462. The Kier molecular flexibility index (Phi) is 3.89. The van der Waals surface area contributed by atoms with Crippen molar-refractivity contribution in [2.24, 2.45) is 5.92 Å². The molecular weight excluding hydrogens is 184 g/mol. The zero-order valence-corrected chi connectivity index (χ0v) is 10.0. The third-order valence-corrected chi connectivity index (χ3v) is 2.50. The van der Waals surface area contributed by atoms with Crippen LogP contribution in [0.25, 0.3) is 0 Å². The summed E-state index contributed by atoms with van der Waals surface area (Å²) in [7, 11) is 0. The Morgan fingerprint density at radius 1 is 1.27 bits per heavy atom. The van der Waals surface area contributed by atoms with Gasteiger partial charge < -0.3 is 4.90 Å². The quantitative estimate of drug-likeness (QED) is 0.592. The van der Waals surface area contributed by atoms with Gasteiger partial charge >= 0.3 is 0 Å². The third kappa shape index (κ3) is 2.82. The van der Waals surface area contributed by atoms with E-state index in [0.29, 0.717) is 5.84 Å². The van der Waals surface area contributed by atoms with E-state index in [-0.39, 0.29) is 5.92 Å². The van der Waals surface area contributed by atoms with Crippen LogP contribution in [0.3, 0.4) is 0 Å². The van der Waals surface area contributed by atoms with Gasteiger partial charge in [0.25, 0.3) is 0 Å². The van der Waals surface area contributed by atoms with Crippen LogP contribution in [-0.4, -0.2) is 12.4 Å². The van der Waals surface area contributed by atoms with Crippen LogP contribution >= 0.6 is 0 Å². The molecule has 15 heavy (non-hydrogen) atoms. The molecule has 82 valence electrons. The van der Waals surface area contributed by atoms with Crippen molar-refractivity contribution in [3.05, 3.63) is 29.8 Å². The summed E-state index contributed by atoms with van der Waals surface area (Å²) in [6.45, 7) is 9.11. The standard InChI is InChI=1S/C13H20N2/c1-5-15(13(14)10(2)3)12-8-6-11(4)7-9-12/h6-10,14H,5H2,1-4H3. The number of hydrogen-bond donors (Lipinski definition) is 1. The zero-order valence-electron chi connectivity index (χ0n) is 10.0. The van der Waals surface area contributed by atoms with E-state index in [1.807, 2.05) is 4.90 Å². The van der Waals surface area contributed by atoms with E-state index in [4.69, 9.17) is 5.41 Å². The normalized spacial score (nSPS) is 10.5. The number of amidine groups is 1. The van der Waals surface area contributed by atoms with Gasteiger partial charge in [-0.3, -0.25) is 5.41 Å². The fourth-order valence-corrected chi connectivity index (χ4v) is 1.53. The molecule has 2 heteroatoms. The Hall–Kier alpha value is -1.31. The molecule has 0 fully saturated rings. The van der Waals surface area contributed by atoms with Gasteiger partial charge in [0.05, 0.1) is 0 Å². The molecule has 0 radical (unpaired) electrons. The summed E-state index contributed by atoms with van der Waals surface area (Å²) in [5.74, 6) is 0.951. The summed E-state index contributed by atoms with van der Waals surface area (Å²) in [6.07, 6.45) is 0.